The summed E-state index contributed by atoms with van der Waals surface area (Å²) < 4.78 is 0. The van der Waals surface area contributed by atoms with Gasteiger partial charge in [0.1, 0.15) is 5.75 Å². The average Bonchev–Trinajstić information content (AvgIpc) is 2.16. The summed E-state index contributed by atoms with van der Waals surface area (Å²) in [6.45, 7) is 0. The summed E-state index contributed by atoms with van der Waals surface area (Å²) in [5.74, 6) is -0.751. The van der Waals surface area contributed by atoms with E-state index in [-0.39, 0.29) is 11.3 Å². The molecule has 5 heteroatoms. The largest absolute Gasteiger partial charge is 0.507 e. The molecule has 2 rings (SSSR count). The number of hydrogen-bond donors (Lipinski definition) is 3. The molecule has 0 unspecified atom stereocenters. The molecule has 0 atom stereocenters. The van der Waals surface area contributed by atoms with E-state index < -0.39 is 11.5 Å². The SMILES string of the molecule is NC(=O)c1ccc2[nH]c(=O)cc(O)c2c1. The van der Waals surface area contributed by atoms with E-state index in [0.29, 0.717) is 10.9 Å². The molecule has 5 nitrogen and oxygen atoms in total. The molecule has 4 N–H and O–H groups in total. The van der Waals surface area contributed by atoms with E-state index in [4.69, 9.17) is 5.73 Å². The van der Waals surface area contributed by atoms with Crippen LogP contribution in [0.4, 0.5) is 0 Å². The summed E-state index contributed by atoms with van der Waals surface area (Å²) in [4.78, 5) is 24.4. The predicted octanol–water partition coefficient (Wildman–Crippen LogP) is 0.333. The van der Waals surface area contributed by atoms with Crippen molar-refractivity contribution in [2.45, 2.75) is 0 Å². The zero-order valence-electron chi connectivity index (χ0n) is 7.65. The number of aromatic amines is 1. The minimum atomic E-state index is -0.581. The summed E-state index contributed by atoms with van der Waals surface area (Å²) in [6, 6.07) is 5.49. The van der Waals surface area contributed by atoms with Gasteiger partial charge < -0.3 is 15.8 Å². The van der Waals surface area contributed by atoms with Crippen LogP contribution in [0.25, 0.3) is 10.9 Å². The van der Waals surface area contributed by atoms with Gasteiger partial charge >= 0.3 is 0 Å². The van der Waals surface area contributed by atoms with Gasteiger partial charge in [-0.3, -0.25) is 9.59 Å². The molecule has 0 aliphatic carbocycles. The first-order valence-corrected chi connectivity index (χ1v) is 4.24. The highest BCUT2D eigenvalue weighted by atomic mass is 16.3. The number of rotatable bonds is 1. The second-order valence-corrected chi connectivity index (χ2v) is 3.14. The molecule has 76 valence electrons. The lowest BCUT2D eigenvalue weighted by molar-refractivity contribution is 0.100. The van der Waals surface area contributed by atoms with Crippen LogP contribution in [0.2, 0.25) is 0 Å². The second-order valence-electron chi connectivity index (χ2n) is 3.14. The van der Waals surface area contributed by atoms with E-state index in [0.717, 1.165) is 6.07 Å². The number of hydrogen-bond acceptors (Lipinski definition) is 3. The van der Waals surface area contributed by atoms with E-state index in [1.807, 2.05) is 0 Å². The maximum absolute atomic E-state index is 11.0. The number of nitrogens with one attached hydrogen (secondary N) is 1. The van der Waals surface area contributed by atoms with Crippen molar-refractivity contribution in [2.24, 2.45) is 5.73 Å². The first-order chi connectivity index (χ1) is 7.08. The maximum atomic E-state index is 11.0. The number of H-pyrrole nitrogens is 1. The summed E-state index contributed by atoms with van der Waals surface area (Å²) in [6.07, 6.45) is 0. The van der Waals surface area contributed by atoms with Crippen molar-refractivity contribution in [2.75, 3.05) is 0 Å². The molecule has 1 amide bonds. The van der Waals surface area contributed by atoms with Crippen LogP contribution < -0.4 is 11.3 Å². The number of nitrogens with two attached hydrogens (primary N) is 1. The van der Waals surface area contributed by atoms with E-state index in [9.17, 15) is 14.7 Å². The Morgan fingerprint density at radius 2 is 2.07 bits per heavy atom. The molecule has 15 heavy (non-hydrogen) atoms. The quantitative estimate of drug-likeness (QED) is 0.624. The zero-order chi connectivity index (χ0) is 11.0. The van der Waals surface area contributed by atoms with Crippen molar-refractivity contribution >= 4 is 16.8 Å². The van der Waals surface area contributed by atoms with Crippen molar-refractivity contribution in [3.63, 3.8) is 0 Å². The fraction of sp³-hybridized carbons (Fsp3) is 0. The Morgan fingerprint density at radius 3 is 2.73 bits per heavy atom. The van der Waals surface area contributed by atoms with Crippen LogP contribution in [-0.4, -0.2) is 16.0 Å². The van der Waals surface area contributed by atoms with E-state index in [1.54, 1.807) is 0 Å². The Bertz CT molecular complexity index is 601. The average molecular weight is 204 g/mol. The number of fused-ring (bicyclic) bond motifs is 1. The molecule has 0 aliphatic heterocycles. The number of benzene rings is 1. The standard InChI is InChI=1S/C10H8N2O3/c11-10(15)5-1-2-7-6(3-5)8(13)4-9(14)12-7/h1-4H,(H2,11,15)(H2,12,13,14). The Kier molecular flexibility index (Phi) is 1.93. The lowest BCUT2D eigenvalue weighted by Crippen LogP contribution is -2.11. The van der Waals surface area contributed by atoms with Crippen LogP contribution >= 0.6 is 0 Å². The van der Waals surface area contributed by atoms with Crippen molar-refractivity contribution in [1.29, 1.82) is 0 Å². The molecule has 0 spiro atoms. The Hall–Kier alpha value is -2.30. The highest BCUT2D eigenvalue weighted by Crippen LogP contribution is 2.21. The molecule has 0 saturated heterocycles. The van der Waals surface area contributed by atoms with Crippen molar-refractivity contribution in [3.8, 4) is 5.75 Å². The van der Waals surface area contributed by atoms with Crippen LogP contribution in [0, 0.1) is 0 Å². The summed E-state index contributed by atoms with van der Waals surface area (Å²) in [5.41, 5.74) is 5.44. The van der Waals surface area contributed by atoms with Crippen LogP contribution in [0.15, 0.2) is 29.1 Å². The smallest absolute Gasteiger partial charge is 0.252 e. The Balaban J connectivity index is 2.82. The van der Waals surface area contributed by atoms with Crippen LogP contribution in [0.1, 0.15) is 10.4 Å². The van der Waals surface area contributed by atoms with Gasteiger partial charge in [0.2, 0.25) is 5.91 Å². The highest BCUT2D eigenvalue weighted by Gasteiger charge is 2.05. The Labute approximate surface area is 84.2 Å². The minimum absolute atomic E-state index is 0.170. The molecule has 1 heterocycles. The predicted molar refractivity (Wildman–Crippen MR) is 54.8 cm³/mol. The topological polar surface area (TPSA) is 96.2 Å². The number of aromatic nitrogens is 1. The number of primary amides is 1. The number of amides is 1. The van der Waals surface area contributed by atoms with Crippen molar-refractivity contribution in [1.82, 2.24) is 4.98 Å². The normalized spacial score (nSPS) is 10.4. The van der Waals surface area contributed by atoms with Gasteiger partial charge in [-0.1, -0.05) is 0 Å². The molecule has 2 aromatic rings. The molecular weight excluding hydrogens is 196 g/mol. The van der Waals surface area contributed by atoms with Crippen LogP contribution in [-0.2, 0) is 0 Å². The number of carbonyl (C=O) groups excluding carboxylic acids is 1. The molecule has 1 aromatic carbocycles. The monoisotopic (exact) mass is 204 g/mol. The number of carbonyl (C=O) groups is 1. The van der Waals surface area contributed by atoms with Gasteiger partial charge in [-0.05, 0) is 18.2 Å². The maximum Gasteiger partial charge on any atom is 0.252 e. The minimum Gasteiger partial charge on any atom is -0.507 e. The summed E-state index contributed by atoms with van der Waals surface area (Å²) >= 11 is 0. The highest BCUT2D eigenvalue weighted by molar-refractivity contribution is 5.98. The van der Waals surface area contributed by atoms with Gasteiger partial charge in [-0.25, -0.2) is 0 Å². The van der Waals surface area contributed by atoms with E-state index in [1.165, 1.54) is 18.2 Å². The molecule has 0 fully saturated rings. The van der Waals surface area contributed by atoms with E-state index >= 15 is 0 Å². The molecule has 0 aliphatic rings. The fourth-order valence-corrected chi connectivity index (χ4v) is 1.39. The van der Waals surface area contributed by atoms with Crippen LogP contribution in [0.3, 0.4) is 0 Å². The second kappa shape index (κ2) is 3.13. The molecule has 0 bridgehead atoms. The fourth-order valence-electron chi connectivity index (χ4n) is 1.39. The third-order valence-electron chi connectivity index (χ3n) is 2.11. The first kappa shape index (κ1) is 9.26. The Morgan fingerprint density at radius 1 is 1.33 bits per heavy atom. The van der Waals surface area contributed by atoms with Gasteiger partial charge in [-0.15, -0.1) is 0 Å². The van der Waals surface area contributed by atoms with Gasteiger partial charge in [-0.2, -0.15) is 0 Å². The lowest BCUT2D eigenvalue weighted by atomic mass is 10.1. The number of aromatic hydroxyl groups is 1. The molecule has 0 radical (unpaired) electrons. The van der Waals surface area contributed by atoms with Gasteiger partial charge in [0.05, 0.1) is 5.52 Å². The summed E-state index contributed by atoms with van der Waals surface area (Å²) in [5, 5.41) is 9.88. The third kappa shape index (κ3) is 1.54. The zero-order valence-corrected chi connectivity index (χ0v) is 7.65. The summed E-state index contributed by atoms with van der Waals surface area (Å²) in [7, 11) is 0. The van der Waals surface area contributed by atoms with E-state index in [2.05, 4.69) is 4.98 Å². The third-order valence-corrected chi connectivity index (χ3v) is 2.11. The van der Waals surface area contributed by atoms with Gasteiger partial charge in [0.15, 0.2) is 0 Å². The van der Waals surface area contributed by atoms with Gasteiger partial charge in [0, 0.05) is 17.0 Å². The van der Waals surface area contributed by atoms with Crippen molar-refractivity contribution < 1.29 is 9.90 Å². The number of pyridine rings is 1. The molecule has 0 saturated carbocycles. The first-order valence-electron chi connectivity index (χ1n) is 4.24. The molecule has 1 aromatic heterocycles. The molecular formula is C10H8N2O3. The van der Waals surface area contributed by atoms with Crippen molar-refractivity contribution in [3.05, 3.63) is 40.2 Å². The van der Waals surface area contributed by atoms with Gasteiger partial charge in [0.25, 0.3) is 5.56 Å². The van der Waals surface area contributed by atoms with Crippen LogP contribution in [0.5, 0.6) is 5.75 Å². The lowest BCUT2D eigenvalue weighted by Gasteiger charge is -2.01.